The Balaban J connectivity index is 3.35. The van der Waals surface area contributed by atoms with E-state index in [-0.39, 0.29) is 21.3 Å². The Labute approximate surface area is 104 Å². The summed E-state index contributed by atoms with van der Waals surface area (Å²) in [5.41, 5.74) is -0.121. The monoisotopic (exact) mass is 308 g/mol. The summed E-state index contributed by atoms with van der Waals surface area (Å²) < 4.78 is 32.9. The second kappa shape index (κ2) is 5.72. The number of alkyl halides is 2. The van der Waals surface area contributed by atoms with Gasteiger partial charge < -0.3 is 9.47 Å². The summed E-state index contributed by atoms with van der Waals surface area (Å²) in [5, 5.41) is 0. The highest BCUT2D eigenvalue weighted by Gasteiger charge is 2.21. The number of halogens is 3. The molecule has 0 saturated heterocycles. The van der Waals surface area contributed by atoms with Crippen molar-refractivity contribution in [2.45, 2.75) is 6.61 Å². The lowest BCUT2D eigenvalue weighted by Crippen LogP contribution is -2.11. The van der Waals surface area contributed by atoms with Gasteiger partial charge in [0.2, 0.25) is 0 Å². The first kappa shape index (κ1) is 13.6. The van der Waals surface area contributed by atoms with Crippen LogP contribution in [-0.2, 0) is 4.74 Å². The van der Waals surface area contributed by atoms with Crippen LogP contribution in [0.1, 0.15) is 20.7 Å². The Morgan fingerprint density at radius 2 is 2.12 bits per heavy atom. The van der Waals surface area contributed by atoms with Crippen LogP contribution in [-0.4, -0.2) is 26.0 Å². The van der Waals surface area contributed by atoms with Crippen molar-refractivity contribution in [1.82, 2.24) is 0 Å². The minimum atomic E-state index is -3.08. The largest absolute Gasteiger partial charge is 0.465 e. The predicted molar refractivity (Wildman–Crippen MR) is 57.5 cm³/mol. The van der Waals surface area contributed by atoms with Crippen molar-refractivity contribution in [3.8, 4) is 5.75 Å². The van der Waals surface area contributed by atoms with Crippen LogP contribution < -0.4 is 4.74 Å². The number of carbonyl (C=O) groups is 2. The molecule has 0 N–H and O–H groups in total. The highest BCUT2D eigenvalue weighted by atomic mass is 79.9. The number of hydrogen-bond acceptors (Lipinski definition) is 4. The Morgan fingerprint density at radius 1 is 1.47 bits per heavy atom. The van der Waals surface area contributed by atoms with Crippen molar-refractivity contribution >= 4 is 28.2 Å². The molecule has 0 atom stereocenters. The summed E-state index contributed by atoms with van der Waals surface area (Å²) >= 11 is 2.97. The molecule has 0 radical (unpaired) electrons. The van der Waals surface area contributed by atoms with E-state index in [1.54, 1.807) is 0 Å². The van der Waals surface area contributed by atoms with E-state index in [0.29, 0.717) is 6.29 Å². The molecule has 0 unspecified atom stereocenters. The van der Waals surface area contributed by atoms with Gasteiger partial charge in [0.1, 0.15) is 11.3 Å². The van der Waals surface area contributed by atoms with Crippen LogP contribution in [0.2, 0.25) is 0 Å². The third-order valence-corrected chi connectivity index (χ3v) is 2.72. The maximum atomic E-state index is 12.1. The SMILES string of the molecule is COC(=O)c1c(OC(F)F)ccc(C=O)c1Br. The highest BCUT2D eigenvalue weighted by Crippen LogP contribution is 2.31. The van der Waals surface area contributed by atoms with Gasteiger partial charge in [-0.25, -0.2) is 4.79 Å². The molecule has 4 nitrogen and oxygen atoms in total. The van der Waals surface area contributed by atoms with E-state index in [0.717, 1.165) is 13.2 Å². The first-order valence-electron chi connectivity index (χ1n) is 4.32. The number of benzene rings is 1. The number of hydrogen-bond donors (Lipinski definition) is 0. The lowest BCUT2D eigenvalue weighted by Gasteiger charge is -2.11. The van der Waals surface area contributed by atoms with Crippen molar-refractivity contribution in [2.75, 3.05) is 7.11 Å². The van der Waals surface area contributed by atoms with Gasteiger partial charge in [-0.2, -0.15) is 8.78 Å². The lowest BCUT2D eigenvalue weighted by molar-refractivity contribution is -0.0504. The Bertz CT molecular complexity index is 448. The molecule has 0 aromatic heterocycles. The molecule has 0 aliphatic carbocycles. The fourth-order valence-corrected chi connectivity index (χ4v) is 1.73. The quantitative estimate of drug-likeness (QED) is 0.634. The van der Waals surface area contributed by atoms with E-state index < -0.39 is 12.6 Å². The number of esters is 1. The number of ether oxygens (including phenoxy) is 2. The van der Waals surface area contributed by atoms with E-state index in [1.807, 2.05) is 0 Å². The fraction of sp³-hybridized carbons (Fsp3) is 0.200. The van der Waals surface area contributed by atoms with Crippen LogP contribution in [0.3, 0.4) is 0 Å². The minimum Gasteiger partial charge on any atom is -0.465 e. The molecule has 1 rings (SSSR count). The molecular weight excluding hydrogens is 302 g/mol. The van der Waals surface area contributed by atoms with Crippen LogP contribution in [0, 0.1) is 0 Å². The van der Waals surface area contributed by atoms with Gasteiger partial charge >= 0.3 is 12.6 Å². The third kappa shape index (κ3) is 3.00. The molecule has 92 valence electrons. The van der Waals surface area contributed by atoms with E-state index >= 15 is 0 Å². The van der Waals surface area contributed by atoms with Crippen molar-refractivity contribution < 1.29 is 27.8 Å². The molecule has 0 bridgehead atoms. The average molecular weight is 309 g/mol. The summed E-state index contributed by atoms with van der Waals surface area (Å²) in [6.07, 6.45) is 0.475. The van der Waals surface area contributed by atoms with Gasteiger partial charge in [0.05, 0.1) is 7.11 Å². The molecule has 0 fully saturated rings. The first-order valence-corrected chi connectivity index (χ1v) is 5.11. The molecule has 0 spiro atoms. The second-order valence-electron chi connectivity index (χ2n) is 2.83. The van der Waals surface area contributed by atoms with Gasteiger partial charge in [-0.15, -0.1) is 0 Å². The normalized spacial score (nSPS) is 10.2. The topological polar surface area (TPSA) is 52.6 Å². The predicted octanol–water partition coefficient (Wildman–Crippen LogP) is 2.65. The van der Waals surface area contributed by atoms with Gasteiger partial charge in [-0.05, 0) is 28.1 Å². The van der Waals surface area contributed by atoms with Crippen molar-refractivity contribution in [2.24, 2.45) is 0 Å². The first-order chi connectivity index (χ1) is 8.01. The van der Waals surface area contributed by atoms with Crippen molar-refractivity contribution in [3.63, 3.8) is 0 Å². The van der Waals surface area contributed by atoms with Crippen LogP contribution in [0.25, 0.3) is 0 Å². The molecule has 17 heavy (non-hydrogen) atoms. The van der Waals surface area contributed by atoms with Crippen LogP contribution in [0.15, 0.2) is 16.6 Å². The molecule has 0 aliphatic heterocycles. The number of aldehydes is 1. The molecule has 1 aromatic carbocycles. The summed E-state index contributed by atoms with van der Waals surface area (Å²) in [6.45, 7) is -3.08. The van der Waals surface area contributed by atoms with E-state index in [1.165, 1.54) is 6.07 Å². The van der Waals surface area contributed by atoms with E-state index in [4.69, 9.17) is 0 Å². The van der Waals surface area contributed by atoms with E-state index in [9.17, 15) is 18.4 Å². The summed E-state index contributed by atoms with van der Waals surface area (Å²) in [4.78, 5) is 22.1. The van der Waals surface area contributed by atoms with Gasteiger partial charge in [0.15, 0.2) is 6.29 Å². The molecule has 0 heterocycles. The minimum absolute atomic E-state index is 0.0532. The van der Waals surface area contributed by atoms with Crippen LogP contribution >= 0.6 is 15.9 Å². The molecule has 1 aromatic rings. The summed E-state index contributed by atoms with van der Waals surface area (Å²) in [6, 6.07) is 2.36. The van der Waals surface area contributed by atoms with Gasteiger partial charge in [-0.3, -0.25) is 4.79 Å². The molecular formula is C10H7BrF2O4. The average Bonchev–Trinajstić information content (AvgIpc) is 2.28. The smallest absolute Gasteiger partial charge is 0.387 e. The maximum absolute atomic E-state index is 12.1. The molecule has 0 aliphatic rings. The third-order valence-electron chi connectivity index (χ3n) is 1.87. The number of methoxy groups -OCH3 is 1. The molecule has 0 amide bonds. The summed E-state index contributed by atoms with van der Waals surface area (Å²) in [5.74, 6) is -1.24. The molecule has 7 heteroatoms. The number of rotatable bonds is 4. The van der Waals surface area contributed by atoms with Gasteiger partial charge in [0.25, 0.3) is 0 Å². The zero-order valence-corrected chi connectivity index (χ0v) is 10.2. The standard InChI is InChI=1S/C10H7BrF2O4/c1-16-9(15)7-6(17-10(12)13)3-2-5(4-14)8(7)11/h2-4,10H,1H3. The van der Waals surface area contributed by atoms with Crippen LogP contribution in [0.5, 0.6) is 5.75 Å². The van der Waals surface area contributed by atoms with Crippen molar-refractivity contribution in [3.05, 3.63) is 27.7 Å². The maximum Gasteiger partial charge on any atom is 0.387 e. The van der Waals surface area contributed by atoms with Gasteiger partial charge in [-0.1, -0.05) is 0 Å². The van der Waals surface area contributed by atoms with Gasteiger partial charge in [0, 0.05) is 10.0 Å². The number of carbonyl (C=O) groups excluding carboxylic acids is 2. The molecule has 0 saturated carbocycles. The van der Waals surface area contributed by atoms with E-state index in [2.05, 4.69) is 25.4 Å². The Hall–Kier alpha value is -1.50. The van der Waals surface area contributed by atoms with Crippen molar-refractivity contribution in [1.29, 1.82) is 0 Å². The second-order valence-corrected chi connectivity index (χ2v) is 3.62. The Morgan fingerprint density at radius 3 is 2.59 bits per heavy atom. The fourth-order valence-electron chi connectivity index (χ4n) is 1.15. The lowest BCUT2D eigenvalue weighted by atomic mass is 10.1. The zero-order valence-electron chi connectivity index (χ0n) is 8.58. The highest BCUT2D eigenvalue weighted by molar-refractivity contribution is 9.10. The van der Waals surface area contributed by atoms with Crippen LogP contribution in [0.4, 0.5) is 8.78 Å². The summed E-state index contributed by atoms with van der Waals surface area (Å²) in [7, 11) is 1.09. The zero-order chi connectivity index (χ0) is 13.0. The Kier molecular flexibility index (Phi) is 4.56.